The maximum absolute atomic E-state index is 6.26. The monoisotopic (exact) mass is 275 g/mol. The zero-order chi connectivity index (χ0) is 14.0. The molecule has 0 saturated carbocycles. The number of benzene rings is 1. The van der Waals surface area contributed by atoms with Crippen LogP contribution < -0.4 is 4.90 Å². The van der Waals surface area contributed by atoms with Crippen LogP contribution in [0.15, 0.2) is 24.3 Å². The molecule has 1 heterocycles. The van der Waals surface area contributed by atoms with E-state index in [0.717, 1.165) is 29.4 Å². The fraction of sp³-hybridized carbons (Fsp3) is 0.333. The molecular formula is C15H18ClN3. The number of para-hydroxylation sites is 1. The van der Waals surface area contributed by atoms with Crippen LogP contribution in [0, 0.1) is 20.8 Å². The summed E-state index contributed by atoms with van der Waals surface area (Å²) in [6, 6.07) is 8.21. The lowest BCUT2D eigenvalue weighted by molar-refractivity contribution is 0.942. The lowest BCUT2D eigenvalue weighted by Gasteiger charge is -2.25. The van der Waals surface area contributed by atoms with E-state index >= 15 is 0 Å². The van der Waals surface area contributed by atoms with Gasteiger partial charge in [-0.25, -0.2) is 9.97 Å². The standard InChI is InChI=1S/C15H18ClN3/c1-5-19(13-9-7-6-8-10(13)2)15-14(16)17-11(3)12(4)18-15/h6-9H,5H2,1-4H3. The van der Waals surface area contributed by atoms with Gasteiger partial charge < -0.3 is 4.90 Å². The molecule has 0 fully saturated rings. The molecule has 0 aliphatic heterocycles. The molecule has 0 radical (unpaired) electrons. The van der Waals surface area contributed by atoms with Crippen LogP contribution in [0.5, 0.6) is 0 Å². The topological polar surface area (TPSA) is 29.0 Å². The van der Waals surface area contributed by atoms with E-state index in [4.69, 9.17) is 11.6 Å². The van der Waals surface area contributed by atoms with Crippen molar-refractivity contribution in [1.29, 1.82) is 0 Å². The van der Waals surface area contributed by atoms with Gasteiger partial charge in [-0.3, -0.25) is 0 Å². The maximum atomic E-state index is 6.26. The molecule has 0 unspecified atom stereocenters. The number of hydrogen-bond acceptors (Lipinski definition) is 3. The predicted octanol–water partition coefficient (Wildman–Crippen LogP) is 4.21. The lowest BCUT2D eigenvalue weighted by atomic mass is 10.2. The van der Waals surface area contributed by atoms with Crippen molar-refractivity contribution in [3.63, 3.8) is 0 Å². The molecule has 0 amide bonds. The van der Waals surface area contributed by atoms with Gasteiger partial charge in [-0.2, -0.15) is 0 Å². The third-order valence-corrected chi connectivity index (χ3v) is 3.48. The van der Waals surface area contributed by atoms with E-state index in [-0.39, 0.29) is 0 Å². The zero-order valence-electron chi connectivity index (χ0n) is 11.7. The Morgan fingerprint density at radius 1 is 1.05 bits per heavy atom. The number of halogens is 1. The van der Waals surface area contributed by atoms with Crippen molar-refractivity contribution in [1.82, 2.24) is 9.97 Å². The van der Waals surface area contributed by atoms with Crippen LogP contribution >= 0.6 is 11.6 Å². The number of aryl methyl sites for hydroxylation is 3. The van der Waals surface area contributed by atoms with Crippen molar-refractivity contribution in [2.45, 2.75) is 27.7 Å². The molecule has 1 aromatic heterocycles. The van der Waals surface area contributed by atoms with Crippen molar-refractivity contribution in [2.24, 2.45) is 0 Å². The Labute approximate surface area is 119 Å². The van der Waals surface area contributed by atoms with Crippen LogP contribution in [-0.2, 0) is 0 Å². The zero-order valence-corrected chi connectivity index (χ0v) is 12.5. The van der Waals surface area contributed by atoms with Crippen LogP contribution in [0.3, 0.4) is 0 Å². The molecule has 0 aliphatic carbocycles. The van der Waals surface area contributed by atoms with Crippen LogP contribution in [0.1, 0.15) is 23.9 Å². The maximum Gasteiger partial charge on any atom is 0.172 e. The smallest absolute Gasteiger partial charge is 0.172 e. The number of hydrogen-bond donors (Lipinski definition) is 0. The van der Waals surface area contributed by atoms with E-state index in [9.17, 15) is 0 Å². The predicted molar refractivity (Wildman–Crippen MR) is 80.4 cm³/mol. The summed E-state index contributed by atoms with van der Waals surface area (Å²) in [5.41, 5.74) is 4.09. The first-order valence-electron chi connectivity index (χ1n) is 6.38. The minimum Gasteiger partial charge on any atom is -0.324 e. The fourth-order valence-electron chi connectivity index (χ4n) is 2.04. The molecule has 3 nitrogen and oxygen atoms in total. The first-order valence-corrected chi connectivity index (χ1v) is 6.76. The molecule has 0 spiro atoms. The number of rotatable bonds is 3. The van der Waals surface area contributed by atoms with Crippen molar-refractivity contribution >= 4 is 23.1 Å². The number of aromatic nitrogens is 2. The SMILES string of the molecule is CCN(c1ccccc1C)c1nc(C)c(C)nc1Cl. The minimum atomic E-state index is 0.452. The summed E-state index contributed by atoms with van der Waals surface area (Å²) < 4.78 is 0. The Hall–Kier alpha value is -1.61. The van der Waals surface area contributed by atoms with E-state index in [1.807, 2.05) is 26.0 Å². The first kappa shape index (κ1) is 13.8. The van der Waals surface area contributed by atoms with Crippen LogP contribution in [-0.4, -0.2) is 16.5 Å². The Bertz CT molecular complexity index is 596. The average Bonchev–Trinajstić information content (AvgIpc) is 2.38. The molecule has 2 aromatic rings. The summed E-state index contributed by atoms with van der Waals surface area (Å²) in [6.07, 6.45) is 0. The average molecular weight is 276 g/mol. The first-order chi connectivity index (χ1) is 9.04. The van der Waals surface area contributed by atoms with Gasteiger partial charge in [0.2, 0.25) is 0 Å². The second-order valence-electron chi connectivity index (χ2n) is 4.54. The molecule has 1 aromatic carbocycles. The summed E-state index contributed by atoms with van der Waals surface area (Å²) in [5.74, 6) is 0.724. The van der Waals surface area contributed by atoms with Gasteiger partial charge in [-0.1, -0.05) is 29.8 Å². The highest BCUT2D eigenvalue weighted by Crippen LogP contribution is 2.31. The number of anilines is 2. The molecule has 4 heteroatoms. The van der Waals surface area contributed by atoms with Crippen molar-refractivity contribution in [3.05, 3.63) is 46.4 Å². The van der Waals surface area contributed by atoms with Crippen molar-refractivity contribution < 1.29 is 0 Å². The molecule has 0 saturated heterocycles. The molecule has 0 atom stereocenters. The summed E-state index contributed by atoms with van der Waals surface area (Å²) in [4.78, 5) is 11.0. The van der Waals surface area contributed by atoms with Gasteiger partial charge in [-0.05, 0) is 39.3 Å². The van der Waals surface area contributed by atoms with E-state index in [1.54, 1.807) is 0 Å². The van der Waals surface area contributed by atoms with Crippen LogP contribution in [0.4, 0.5) is 11.5 Å². The van der Waals surface area contributed by atoms with E-state index in [0.29, 0.717) is 5.15 Å². The molecule has 2 rings (SSSR count). The Balaban J connectivity index is 2.55. The molecule has 0 N–H and O–H groups in total. The van der Waals surface area contributed by atoms with Gasteiger partial charge in [-0.15, -0.1) is 0 Å². The van der Waals surface area contributed by atoms with Crippen molar-refractivity contribution in [2.75, 3.05) is 11.4 Å². The highest BCUT2D eigenvalue weighted by molar-refractivity contribution is 6.31. The van der Waals surface area contributed by atoms with Gasteiger partial charge in [0.25, 0.3) is 0 Å². The van der Waals surface area contributed by atoms with Gasteiger partial charge in [0.1, 0.15) is 0 Å². The summed E-state index contributed by atoms with van der Waals surface area (Å²) in [5, 5.41) is 0.452. The second-order valence-corrected chi connectivity index (χ2v) is 4.90. The normalized spacial score (nSPS) is 10.6. The molecule has 100 valence electrons. The van der Waals surface area contributed by atoms with Crippen LogP contribution in [0.2, 0.25) is 5.15 Å². The van der Waals surface area contributed by atoms with Crippen molar-refractivity contribution in [3.8, 4) is 0 Å². The van der Waals surface area contributed by atoms with Gasteiger partial charge in [0.05, 0.1) is 11.4 Å². The molecule has 19 heavy (non-hydrogen) atoms. The Morgan fingerprint density at radius 3 is 2.32 bits per heavy atom. The Kier molecular flexibility index (Phi) is 4.05. The minimum absolute atomic E-state index is 0.452. The lowest BCUT2D eigenvalue weighted by Crippen LogP contribution is -2.20. The largest absolute Gasteiger partial charge is 0.324 e. The third-order valence-electron chi connectivity index (χ3n) is 3.23. The third kappa shape index (κ3) is 2.71. The van der Waals surface area contributed by atoms with Gasteiger partial charge in [0.15, 0.2) is 11.0 Å². The summed E-state index contributed by atoms with van der Waals surface area (Å²) in [7, 11) is 0. The van der Waals surface area contributed by atoms with Crippen LogP contribution in [0.25, 0.3) is 0 Å². The summed E-state index contributed by atoms with van der Waals surface area (Å²) >= 11 is 6.26. The molecule has 0 aliphatic rings. The number of nitrogens with zero attached hydrogens (tertiary/aromatic N) is 3. The van der Waals surface area contributed by atoms with Gasteiger partial charge in [0, 0.05) is 12.2 Å². The quantitative estimate of drug-likeness (QED) is 0.840. The fourth-order valence-corrected chi connectivity index (χ4v) is 2.31. The van der Waals surface area contributed by atoms with E-state index in [2.05, 4.69) is 40.8 Å². The van der Waals surface area contributed by atoms with Gasteiger partial charge >= 0.3 is 0 Å². The highest BCUT2D eigenvalue weighted by Gasteiger charge is 2.16. The van der Waals surface area contributed by atoms with E-state index in [1.165, 1.54) is 5.56 Å². The molecular weight excluding hydrogens is 258 g/mol. The molecule has 0 bridgehead atoms. The highest BCUT2D eigenvalue weighted by atomic mass is 35.5. The van der Waals surface area contributed by atoms with E-state index < -0.39 is 0 Å². The second kappa shape index (κ2) is 5.57. The summed E-state index contributed by atoms with van der Waals surface area (Å²) in [6.45, 7) is 8.83. The Morgan fingerprint density at radius 2 is 1.68 bits per heavy atom.